The van der Waals surface area contributed by atoms with E-state index in [0.717, 1.165) is 9.87 Å². The molecule has 0 radical (unpaired) electrons. The van der Waals surface area contributed by atoms with Gasteiger partial charge in [-0.05, 0) is 62.2 Å². The summed E-state index contributed by atoms with van der Waals surface area (Å²) in [6, 6.07) is 27.6. The molecule has 0 spiro atoms. The number of nitrogens with one attached hydrogen (secondary N) is 1. The number of carbonyl (C=O) groups is 2. The lowest BCUT2D eigenvalue weighted by atomic mass is 10.0. The van der Waals surface area contributed by atoms with Crippen molar-refractivity contribution in [2.45, 2.75) is 57.1 Å². The van der Waals surface area contributed by atoms with Gasteiger partial charge in [0.15, 0.2) is 0 Å². The SMILES string of the molecule is CCOc1ccccc1N(CC(=O)N(Cc1c(Cl)cccc1Cl)[C@@H](Cc1ccccc1)C(=O)N[C@H](C)CC)S(=O)(=O)c1ccccc1. The molecular formula is C36H39Cl2N3O5S. The summed E-state index contributed by atoms with van der Waals surface area (Å²) in [5, 5.41) is 3.64. The first-order chi connectivity index (χ1) is 22.6. The Morgan fingerprint density at radius 2 is 1.43 bits per heavy atom. The molecule has 2 atom stereocenters. The summed E-state index contributed by atoms with van der Waals surface area (Å²) in [6.45, 7) is 5.12. The van der Waals surface area contributed by atoms with E-state index in [-0.39, 0.29) is 42.1 Å². The molecule has 0 aliphatic heterocycles. The number of hydrogen-bond donors (Lipinski definition) is 1. The quantitative estimate of drug-likeness (QED) is 0.143. The van der Waals surface area contributed by atoms with Crippen LogP contribution in [0.15, 0.2) is 108 Å². The standard InChI is InChI=1S/C36H39Cl2N3O5S/c1-4-26(3)39-36(43)33(23-27-15-8-6-9-16-27)40(24-29-30(37)19-14-20-31(29)38)35(42)25-41(32-21-12-13-22-34(32)46-5-2)47(44,45)28-17-10-7-11-18-28/h6-22,26,33H,4-5,23-25H2,1-3H3,(H,39,43)/t26-,33+/m1/s1. The van der Waals surface area contributed by atoms with Gasteiger partial charge in [-0.25, -0.2) is 8.42 Å². The summed E-state index contributed by atoms with van der Waals surface area (Å²) in [5.74, 6) is -0.725. The molecule has 0 saturated carbocycles. The smallest absolute Gasteiger partial charge is 0.264 e. The molecule has 248 valence electrons. The number of nitrogens with zero attached hydrogens (tertiary/aromatic N) is 2. The molecule has 0 bridgehead atoms. The van der Waals surface area contributed by atoms with Gasteiger partial charge in [0.05, 0.1) is 17.2 Å². The first-order valence-corrected chi connectivity index (χ1v) is 17.6. The molecule has 11 heteroatoms. The normalized spacial score (nSPS) is 12.5. The van der Waals surface area contributed by atoms with Gasteiger partial charge in [-0.1, -0.05) is 96.9 Å². The van der Waals surface area contributed by atoms with E-state index in [0.29, 0.717) is 27.8 Å². The molecule has 0 aliphatic rings. The minimum Gasteiger partial charge on any atom is -0.492 e. The number of carbonyl (C=O) groups excluding carboxylic acids is 2. The molecule has 2 amide bonds. The van der Waals surface area contributed by atoms with Crippen LogP contribution in [-0.4, -0.2) is 50.4 Å². The van der Waals surface area contributed by atoms with Crippen molar-refractivity contribution in [3.63, 3.8) is 0 Å². The Bertz CT molecular complexity index is 1740. The fourth-order valence-electron chi connectivity index (χ4n) is 5.02. The monoisotopic (exact) mass is 695 g/mol. The van der Waals surface area contributed by atoms with Crippen LogP contribution in [0.3, 0.4) is 0 Å². The van der Waals surface area contributed by atoms with Crippen LogP contribution in [0, 0.1) is 0 Å². The van der Waals surface area contributed by atoms with Crippen LogP contribution in [0.4, 0.5) is 5.69 Å². The van der Waals surface area contributed by atoms with E-state index in [1.807, 2.05) is 44.2 Å². The van der Waals surface area contributed by atoms with Crippen molar-refractivity contribution in [3.8, 4) is 5.75 Å². The highest BCUT2D eigenvalue weighted by molar-refractivity contribution is 7.92. The highest BCUT2D eigenvalue weighted by Crippen LogP contribution is 2.33. The molecule has 0 aliphatic carbocycles. The van der Waals surface area contributed by atoms with E-state index in [4.69, 9.17) is 27.9 Å². The Hall–Kier alpha value is -4.05. The van der Waals surface area contributed by atoms with Gasteiger partial charge >= 0.3 is 0 Å². The maximum Gasteiger partial charge on any atom is 0.264 e. The van der Waals surface area contributed by atoms with Gasteiger partial charge in [-0.3, -0.25) is 13.9 Å². The molecule has 4 aromatic carbocycles. The van der Waals surface area contributed by atoms with E-state index in [2.05, 4.69) is 5.32 Å². The fourth-order valence-corrected chi connectivity index (χ4v) is 6.99. The van der Waals surface area contributed by atoms with Crippen molar-refractivity contribution in [3.05, 3.63) is 124 Å². The zero-order valence-corrected chi connectivity index (χ0v) is 28.9. The second kappa shape index (κ2) is 16.7. The van der Waals surface area contributed by atoms with Crippen molar-refractivity contribution >= 4 is 50.7 Å². The summed E-state index contributed by atoms with van der Waals surface area (Å²) in [4.78, 5) is 30.1. The number of benzene rings is 4. The zero-order valence-electron chi connectivity index (χ0n) is 26.6. The van der Waals surface area contributed by atoms with Crippen LogP contribution >= 0.6 is 23.2 Å². The van der Waals surface area contributed by atoms with E-state index in [9.17, 15) is 18.0 Å². The van der Waals surface area contributed by atoms with Crippen molar-refractivity contribution in [2.24, 2.45) is 0 Å². The van der Waals surface area contributed by atoms with E-state index in [1.165, 1.54) is 17.0 Å². The molecule has 47 heavy (non-hydrogen) atoms. The molecule has 0 fully saturated rings. The van der Waals surface area contributed by atoms with Crippen molar-refractivity contribution in [1.82, 2.24) is 10.2 Å². The molecule has 4 aromatic rings. The van der Waals surface area contributed by atoms with Gasteiger partial charge in [0.1, 0.15) is 18.3 Å². The lowest BCUT2D eigenvalue weighted by Crippen LogP contribution is -2.54. The lowest BCUT2D eigenvalue weighted by molar-refractivity contribution is -0.140. The fraction of sp³-hybridized carbons (Fsp3) is 0.278. The van der Waals surface area contributed by atoms with Crippen LogP contribution in [0.2, 0.25) is 10.0 Å². The summed E-state index contributed by atoms with van der Waals surface area (Å²) < 4.78 is 35.4. The average Bonchev–Trinajstić information content (AvgIpc) is 3.07. The van der Waals surface area contributed by atoms with Crippen LogP contribution in [0.1, 0.15) is 38.3 Å². The van der Waals surface area contributed by atoms with Gasteiger partial charge in [-0.2, -0.15) is 0 Å². The molecule has 0 saturated heterocycles. The number of para-hydroxylation sites is 2. The van der Waals surface area contributed by atoms with Crippen molar-refractivity contribution in [2.75, 3.05) is 17.5 Å². The van der Waals surface area contributed by atoms with Gasteiger partial charge < -0.3 is 15.0 Å². The Kier molecular flexibility index (Phi) is 12.7. The van der Waals surface area contributed by atoms with Gasteiger partial charge in [0, 0.05) is 34.6 Å². The van der Waals surface area contributed by atoms with E-state index >= 15 is 0 Å². The third kappa shape index (κ3) is 9.06. The van der Waals surface area contributed by atoms with E-state index < -0.39 is 28.5 Å². The summed E-state index contributed by atoms with van der Waals surface area (Å²) in [5.41, 5.74) is 1.44. The molecular weight excluding hydrogens is 657 g/mol. The number of amides is 2. The maximum absolute atomic E-state index is 14.7. The number of hydrogen-bond acceptors (Lipinski definition) is 5. The number of sulfonamides is 1. The van der Waals surface area contributed by atoms with Crippen LogP contribution in [0.25, 0.3) is 0 Å². The summed E-state index contributed by atoms with van der Waals surface area (Å²) in [6.07, 6.45) is 0.837. The number of halogens is 2. The Labute approximate surface area is 287 Å². The largest absolute Gasteiger partial charge is 0.492 e. The minimum absolute atomic E-state index is 0.00449. The number of ether oxygens (including phenoxy) is 1. The van der Waals surface area contributed by atoms with Gasteiger partial charge in [0.2, 0.25) is 11.8 Å². The Morgan fingerprint density at radius 1 is 0.830 bits per heavy atom. The van der Waals surface area contributed by atoms with E-state index in [1.54, 1.807) is 67.6 Å². The highest BCUT2D eigenvalue weighted by Gasteiger charge is 2.36. The molecule has 0 unspecified atom stereocenters. The van der Waals surface area contributed by atoms with Crippen molar-refractivity contribution in [1.29, 1.82) is 0 Å². The number of rotatable bonds is 15. The molecule has 0 aromatic heterocycles. The number of anilines is 1. The first-order valence-electron chi connectivity index (χ1n) is 15.4. The highest BCUT2D eigenvalue weighted by atomic mass is 35.5. The predicted molar refractivity (Wildman–Crippen MR) is 187 cm³/mol. The molecule has 1 N–H and O–H groups in total. The maximum atomic E-state index is 14.7. The third-order valence-electron chi connectivity index (χ3n) is 7.71. The van der Waals surface area contributed by atoms with Crippen LogP contribution < -0.4 is 14.4 Å². The second-order valence-electron chi connectivity index (χ2n) is 11.0. The topological polar surface area (TPSA) is 96.0 Å². The van der Waals surface area contributed by atoms with Crippen LogP contribution in [0.5, 0.6) is 5.75 Å². The van der Waals surface area contributed by atoms with Gasteiger partial charge in [-0.15, -0.1) is 0 Å². The van der Waals surface area contributed by atoms with Crippen molar-refractivity contribution < 1.29 is 22.7 Å². The Balaban J connectivity index is 1.87. The van der Waals surface area contributed by atoms with Gasteiger partial charge in [0.25, 0.3) is 10.0 Å². The summed E-state index contributed by atoms with van der Waals surface area (Å²) >= 11 is 13.2. The molecule has 4 rings (SSSR count). The molecule has 8 nitrogen and oxygen atoms in total. The zero-order chi connectivity index (χ0) is 34.0. The lowest BCUT2D eigenvalue weighted by Gasteiger charge is -2.35. The minimum atomic E-state index is -4.29. The summed E-state index contributed by atoms with van der Waals surface area (Å²) in [7, 11) is -4.29. The second-order valence-corrected chi connectivity index (χ2v) is 13.6. The average molecular weight is 697 g/mol. The molecule has 0 heterocycles. The third-order valence-corrected chi connectivity index (χ3v) is 10.2. The van der Waals surface area contributed by atoms with Crippen LogP contribution in [-0.2, 0) is 32.6 Å². The predicted octanol–water partition coefficient (Wildman–Crippen LogP) is 7.14. The Morgan fingerprint density at radius 3 is 2.04 bits per heavy atom. The first kappa shape index (κ1) is 35.8.